The topological polar surface area (TPSA) is 65.5 Å². The molecule has 6 nitrogen and oxygen atoms in total. The molecule has 0 atom stereocenters. The molecule has 142 valence electrons. The molecule has 27 heavy (non-hydrogen) atoms. The van der Waals surface area contributed by atoms with Crippen molar-refractivity contribution in [2.75, 3.05) is 31.5 Å². The number of amides is 2. The molecule has 0 spiro atoms. The van der Waals surface area contributed by atoms with Crippen molar-refractivity contribution in [2.45, 2.75) is 26.7 Å². The molecule has 1 aliphatic heterocycles. The van der Waals surface area contributed by atoms with Crippen LogP contribution in [-0.2, 0) is 4.79 Å². The van der Waals surface area contributed by atoms with E-state index in [-0.39, 0.29) is 5.91 Å². The summed E-state index contributed by atoms with van der Waals surface area (Å²) in [4.78, 5) is 31.3. The molecule has 1 N–H and O–H groups in total. The molecule has 1 aromatic heterocycles. The van der Waals surface area contributed by atoms with E-state index in [4.69, 9.17) is 0 Å². The summed E-state index contributed by atoms with van der Waals surface area (Å²) in [6.07, 6.45) is 2.49. The predicted octanol–water partition coefficient (Wildman–Crippen LogP) is 3.17. The standard InChI is InChI=1S/C21H26N4O2/c1-15(2)18-6-4-5-16(3)20(18)23-17-7-8-22-19(13-17)21(27)25-11-9-24(14-26)10-12-25/h4-8,13-15H,9-12H2,1-3H3,(H,22,23). The first-order chi connectivity index (χ1) is 13.0. The van der Waals surface area contributed by atoms with E-state index in [1.54, 1.807) is 22.1 Å². The first kappa shape index (κ1) is 18.9. The largest absolute Gasteiger partial charge is 0.355 e. The molecular weight excluding hydrogens is 340 g/mol. The summed E-state index contributed by atoms with van der Waals surface area (Å²) in [7, 11) is 0. The number of piperazine rings is 1. The Morgan fingerprint density at radius 3 is 2.59 bits per heavy atom. The average Bonchev–Trinajstić information content (AvgIpc) is 2.69. The Hall–Kier alpha value is -2.89. The second-order valence-corrected chi connectivity index (χ2v) is 7.18. The number of rotatable bonds is 5. The number of carbonyl (C=O) groups excluding carboxylic acids is 2. The van der Waals surface area contributed by atoms with Gasteiger partial charge in [-0.2, -0.15) is 0 Å². The van der Waals surface area contributed by atoms with Crippen molar-refractivity contribution in [3.8, 4) is 0 Å². The number of anilines is 2. The lowest BCUT2D eigenvalue weighted by Crippen LogP contribution is -2.48. The molecule has 0 aliphatic carbocycles. The van der Waals surface area contributed by atoms with Crippen molar-refractivity contribution in [3.05, 3.63) is 53.3 Å². The van der Waals surface area contributed by atoms with Crippen LogP contribution >= 0.6 is 0 Å². The zero-order valence-corrected chi connectivity index (χ0v) is 16.1. The van der Waals surface area contributed by atoms with Gasteiger partial charge in [-0.1, -0.05) is 32.0 Å². The maximum Gasteiger partial charge on any atom is 0.272 e. The smallest absolute Gasteiger partial charge is 0.272 e. The third kappa shape index (κ3) is 4.27. The van der Waals surface area contributed by atoms with Gasteiger partial charge in [0.25, 0.3) is 5.91 Å². The second-order valence-electron chi connectivity index (χ2n) is 7.18. The quantitative estimate of drug-likeness (QED) is 0.826. The number of aromatic nitrogens is 1. The number of nitrogens with one attached hydrogen (secondary N) is 1. The molecule has 1 fully saturated rings. The molecule has 1 saturated heterocycles. The van der Waals surface area contributed by atoms with Gasteiger partial charge in [0, 0.05) is 43.8 Å². The predicted molar refractivity (Wildman–Crippen MR) is 106 cm³/mol. The highest BCUT2D eigenvalue weighted by molar-refractivity contribution is 5.93. The number of aryl methyl sites for hydroxylation is 1. The zero-order chi connectivity index (χ0) is 19.4. The second kappa shape index (κ2) is 8.20. The number of benzene rings is 1. The summed E-state index contributed by atoms with van der Waals surface area (Å²) in [6, 6.07) is 9.94. The summed E-state index contributed by atoms with van der Waals surface area (Å²) < 4.78 is 0. The van der Waals surface area contributed by atoms with Gasteiger partial charge in [-0.3, -0.25) is 14.6 Å². The fourth-order valence-electron chi connectivity index (χ4n) is 3.30. The van der Waals surface area contributed by atoms with E-state index >= 15 is 0 Å². The van der Waals surface area contributed by atoms with Gasteiger partial charge < -0.3 is 15.1 Å². The Labute approximate surface area is 160 Å². The van der Waals surface area contributed by atoms with Gasteiger partial charge in [0.15, 0.2) is 0 Å². The van der Waals surface area contributed by atoms with E-state index < -0.39 is 0 Å². The van der Waals surface area contributed by atoms with Crippen LogP contribution in [0.2, 0.25) is 0 Å². The van der Waals surface area contributed by atoms with Crippen molar-refractivity contribution in [3.63, 3.8) is 0 Å². The maximum atomic E-state index is 12.8. The number of carbonyl (C=O) groups is 2. The van der Waals surface area contributed by atoms with Crippen LogP contribution in [0, 0.1) is 6.92 Å². The van der Waals surface area contributed by atoms with Gasteiger partial charge in [-0.05, 0) is 36.1 Å². The molecule has 1 aliphatic rings. The summed E-state index contributed by atoms with van der Waals surface area (Å²) in [5.41, 5.74) is 4.74. The Morgan fingerprint density at radius 1 is 1.19 bits per heavy atom. The van der Waals surface area contributed by atoms with E-state index in [0.29, 0.717) is 37.8 Å². The van der Waals surface area contributed by atoms with Crippen LogP contribution in [0.4, 0.5) is 11.4 Å². The molecule has 1 aromatic carbocycles. The molecule has 6 heteroatoms. The van der Waals surface area contributed by atoms with Crippen molar-refractivity contribution in [2.24, 2.45) is 0 Å². The van der Waals surface area contributed by atoms with Crippen molar-refractivity contribution in [1.29, 1.82) is 0 Å². The summed E-state index contributed by atoms with van der Waals surface area (Å²) in [5.74, 6) is 0.294. The summed E-state index contributed by atoms with van der Waals surface area (Å²) in [5, 5.41) is 3.47. The highest BCUT2D eigenvalue weighted by Gasteiger charge is 2.22. The lowest BCUT2D eigenvalue weighted by molar-refractivity contribution is -0.119. The van der Waals surface area contributed by atoms with Crippen LogP contribution in [0.15, 0.2) is 36.5 Å². The van der Waals surface area contributed by atoms with Crippen molar-refractivity contribution >= 4 is 23.7 Å². The zero-order valence-electron chi connectivity index (χ0n) is 16.1. The van der Waals surface area contributed by atoms with Gasteiger partial charge in [0.2, 0.25) is 6.41 Å². The summed E-state index contributed by atoms with van der Waals surface area (Å²) >= 11 is 0. The van der Waals surface area contributed by atoms with E-state index in [1.807, 2.05) is 6.07 Å². The third-order valence-corrected chi connectivity index (χ3v) is 4.93. The lowest BCUT2D eigenvalue weighted by Gasteiger charge is -2.32. The number of para-hydroxylation sites is 1. The minimum Gasteiger partial charge on any atom is -0.355 e. The number of nitrogens with zero attached hydrogens (tertiary/aromatic N) is 3. The third-order valence-electron chi connectivity index (χ3n) is 4.93. The highest BCUT2D eigenvalue weighted by atomic mass is 16.2. The number of pyridine rings is 1. The van der Waals surface area contributed by atoms with Crippen LogP contribution in [0.3, 0.4) is 0 Å². The number of hydrogen-bond acceptors (Lipinski definition) is 4. The van der Waals surface area contributed by atoms with Crippen LogP contribution in [0.25, 0.3) is 0 Å². The van der Waals surface area contributed by atoms with Gasteiger partial charge >= 0.3 is 0 Å². The average molecular weight is 366 g/mol. The Balaban J connectivity index is 1.79. The first-order valence-electron chi connectivity index (χ1n) is 9.31. The minimum atomic E-state index is -0.0990. The molecule has 2 amide bonds. The van der Waals surface area contributed by atoms with Gasteiger partial charge in [-0.15, -0.1) is 0 Å². The van der Waals surface area contributed by atoms with Crippen molar-refractivity contribution in [1.82, 2.24) is 14.8 Å². The van der Waals surface area contributed by atoms with Crippen molar-refractivity contribution < 1.29 is 9.59 Å². The van der Waals surface area contributed by atoms with Crippen LogP contribution < -0.4 is 5.32 Å². The molecular formula is C21H26N4O2. The van der Waals surface area contributed by atoms with Crippen LogP contribution in [-0.4, -0.2) is 53.3 Å². The lowest BCUT2D eigenvalue weighted by atomic mass is 9.98. The van der Waals surface area contributed by atoms with Crippen LogP contribution in [0.5, 0.6) is 0 Å². The minimum absolute atomic E-state index is 0.0990. The Morgan fingerprint density at radius 2 is 1.93 bits per heavy atom. The molecule has 2 heterocycles. The Kier molecular flexibility index (Phi) is 5.74. The fraction of sp³-hybridized carbons (Fsp3) is 0.381. The Bertz CT molecular complexity index is 827. The maximum absolute atomic E-state index is 12.8. The molecule has 0 bridgehead atoms. The molecule has 0 saturated carbocycles. The highest BCUT2D eigenvalue weighted by Crippen LogP contribution is 2.30. The van der Waals surface area contributed by atoms with E-state index in [9.17, 15) is 9.59 Å². The van der Waals surface area contributed by atoms with E-state index in [0.717, 1.165) is 23.3 Å². The number of hydrogen-bond donors (Lipinski definition) is 1. The van der Waals surface area contributed by atoms with Gasteiger partial charge in [0.1, 0.15) is 5.69 Å². The molecule has 2 aromatic rings. The van der Waals surface area contributed by atoms with Crippen LogP contribution in [0.1, 0.15) is 41.4 Å². The monoisotopic (exact) mass is 366 g/mol. The van der Waals surface area contributed by atoms with E-state index in [2.05, 4.69) is 49.3 Å². The first-order valence-corrected chi connectivity index (χ1v) is 9.31. The normalized spacial score (nSPS) is 14.4. The van der Waals surface area contributed by atoms with Gasteiger partial charge in [-0.25, -0.2) is 0 Å². The fourth-order valence-corrected chi connectivity index (χ4v) is 3.30. The molecule has 0 radical (unpaired) electrons. The summed E-state index contributed by atoms with van der Waals surface area (Å²) in [6.45, 7) is 8.61. The van der Waals surface area contributed by atoms with Gasteiger partial charge in [0.05, 0.1) is 0 Å². The molecule has 0 unspecified atom stereocenters. The van der Waals surface area contributed by atoms with E-state index in [1.165, 1.54) is 5.56 Å². The SMILES string of the molecule is Cc1cccc(C(C)C)c1Nc1ccnc(C(=O)N2CCN(C=O)CC2)c1. The molecule has 3 rings (SSSR count).